The summed E-state index contributed by atoms with van der Waals surface area (Å²) >= 11 is 0. The molecule has 3 rings (SSSR count). The fraction of sp³-hybridized carbons (Fsp3) is 0.190. The third-order valence-electron chi connectivity index (χ3n) is 4.16. The number of nitrogens with zero attached hydrogens (tertiary/aromatic N) is 4. The summed E-state index contributed by atoms with van der Waals surface area (Å²) in [6, 6.07) is 17.9. The Morgan fingerprint density at radius 2 is 1.81 bits per heavy atom. The van der Waals surface area contributed by atoms with Gasteiger partial charge in [0.2, 0.25) is 0 Å². The highest BCUT2D eigenvalue weighted by molar-refractivity contribution is 5.79. The summed E-state index contributed by atoms with van der Waals surface area (Å²) in [7, 11) is 3.41. The van der Waals surface area contributed by atoms with Crippen molar-refractivity contribution in [1.82, 2.24) is 15.0 Å². The molecule has 2 aromatic carbocycles. The number of ether oxygens (including phenoxy) is 1. The van der Waals surface area contributed by atoms with E-state index in [9.17, 15) is 0 Å². The Morgan fingerprint density at radius 3 is 2.48 bits per heavy atom. The predicted molar refractivity (Wildman–Crippen MR) is 108 cm³/mol. The number of hydrazone groups is 1. The van der Waals surface area contributed by atoms with Crippen LogP contribution in [0.15, 0.2) is 65.9 Å². The minimum atomic E-state index is -0.553. The number of nitrogen functional groups attached to an aromatic ring is 1. The molecular formula is C21H23N5O. The van der Waals surface area contributed by atoms with Crippen LogP contribution in [-0.2, 0) is 4.74 Å². The maximum absolute atomic E-state index is 6.08. The van der Waals surface area contributed by atoms with E-state index < -0.39 is 6.23 Å². The van der Waals surface area contributed by atoms with E-state index in [1.807, 2.05) is 68.6 Å². The van der Waals surface area contributed by atoms with Crippen LogP contribution in [0.25, 0.3) is 11.3 Å². The van der Waals surface area contributed by atoms with Gasteiger partial charge in [0.25, 0.3) is 0 Å². The quantitative estimate of drug-likeness (QED) is 0.412. The van der Waals surface area contributed by atoms with E-state index >= 15 is 0 Å². The fourth-order valence-electron chi connectivity index (χ4n) is 2.66. The van der Waals surface area contributed by atoms with Crippen molar-refractivity contribution >= 4 is 12.0 Å². The van der Waals surface area contributed by atoms with Crippen LogP contribution in [0.3, 0.4) is 0 Å². The van der Waals surface area contributed by atoms with E-state index in [0.29, 0.717) is 11.5 Å². The molecule has 0 aliphatic carbocycles. The molecule has 0 radical (unpaired) electrons. The molecule has 1 heterocycles. The maximum atomic E-state index is 6.08. The molecule has 0 unspecified atom stereocenters. The van der Waals surface area contributed by atoms with Crippen molar-refractivity contribution in [2.75, 3.05) is 19.9 Å². The molecule has 0 aliphatic heterocycles. The Balaban J connectivity index is 1.88. The molecule has 0 saturated heterocycles. The van der Waals surface area contributed by atoms with Crippen LogP contribution in [0.5, 0.6) is 0 Å². The van der Waals surface area contributed by atoms with Crippen LogP contribution in [0.2, 0.25) is 0 Å². The van der Waals surface area contributed by atoms with Gasteiger partial charge >= 0.3 is 0 Å². The average molecular weight is 361 g/mol. The molecule has 1 atom stereocenters. The number of methoxy groups -OCH3 is 1. The van der Waals surface area contributed by atoms with Crippen molar-refractivity contribution < 1.29 is 4.74 Å². The highest BCUT2D eigenvalue weighted by Crippen LogP contribution is 2.26. The molecule has 27 heavy (non-hydrogen) atoms. The molecule has 6 heteroatoms. The van der Waals surface area contributed by atoms with Crippen molar-refractivity contribution in [3.05, 3.63) is 77.6 Å². The lowest BCUT2D eigenvalue weighted by Gasteiger charge is -2.24. The molecule has 6 nitrogen and oxygen atoms in total. The van der Waals surface area contributed by atoms with Crippen molar-refractivity contribution in [1.29, 1.82) is 0 Å². The third-order valence-corrected chi connectivity index (χ3v) is 4.16. The van der Waals surface area contributed by atoms with Gasteiger partial charge in [0, 0.05) is 19.7 Å². The highest BCUT2D eigenvalue weighted by atomic mass is 16.5. The Labute approximate surface area is 159 Å². The average Bonchev–Trinajstić information content (AvgIpc) is 2.70. The van der Waals surface area contributed by atoms with E-state index in [2.05, 4.69) is 10.1 Å². The molecule has 0 bridgehead atoms. The Hall–Kier alpha value is -3.25. The summed E-state index contributed by atoms with van der Waals surface area (Å²) in [5.74, 6) is 0.319. The molecule has 0 amide bonds. The molecule has 1 aromatic heterocycles. The van der Waals surface area contributed by atoms with Gasteiger partial charge < -0.3 is 10.5 Å². The Kier molecular flexibility index (Phi) is 5.78. The second-order valence-corrected chi connectivity index (χ2v) is 6.21. The molecule has 0 saturated carbocycles. The number of rotatable bonds is 6. The number of hydrogen-bond acceptors (Lipinski definition) is 6. The van der Waals surface area contributed by atoms with E-state index in [1.54, 1.807) is 24.5 Å². The zero-order valence-corrected chi connectivity index (χ0v) is 15.7. The maximum Gasteiger partial charge on any atom is 0.191 e. The minimum Gasteiger partial charge on any atom is -0.382 e. The van der Waals surface area contributed by atoms with E-state index in [0.717, 1.165) is 16.8 Å². The van der Waals surface area contributed by atoms with E-state index in [-0.39, 0.29) is 0 Å². The van der Waals surface area contributed by atoms with Gasteiger partial charge in [0.1, 0.15) is 11.5 Å². The summed E-state index contributed by atoms with van der Waals surface area (Å²) < 4.78 is 5.61. The minimum absolute atomic E-state index is 0.319. The number of nitrogens with two attached hydrogens (primary N) is 1. The monoisotopic (exact) mass is 361 g/mol. The van der Waals surface area contributed by atoms with Crippen LogP contribution in [0.4, 0.5) is 5.82 Å². The molecule has 0 aliphatic rings. The number of aryl methyl sites for hydroxylation is 1. The summed E-state index contributed by atoms with van der Waals surface area (Å²) in [5.41, 5.74) is 10.5. The first-order valence-electron chi connectivity index (χ1n) is 8.62. The van der Waals surface area contributed by atoms with Gasteiger partial charge in [-0.2, -0.15) is 5.10 Å². The van der Waals surface area contributed by atoms with Crippen LogP contribution in [0, 0.1) is 6.92 Å². The fourth-order valence-corrected chi connectivity index (χ4v) is 2.66. The molecular weight excluding hydrogens is 338 g/mol. The van der Waals surface area contributed by atoms with Gasteiger partial charge in [-0.05, 0) is 12.5 Å². The summed E-state index contributed by atoms with van der Waals surface area (Å²) in [4.78, 5) is 9.00. The van der Waals surface area contributed by atoms with Gasteiger partial charge in [0.15, 0.2) is 6.23 Å². The molecule has 3 aromatic rings. The zero-order chi connectivity index (χ0) is 19.2. The Bertz CT molecular complexity index is 910. The van der Waals surface area contributed by atoms with Gasteiger partial charge in [-0.3, -0.25) is 5.01 Å². The summed E-state index contributed by atoms with van der Waals surface area (Å²) in [6.45, 7) is 2.05. The van der Waals surface area contributed by atoms with Crippen LogP contribution in [0.1, 0.15) is 23.0 Å². The number of benzene rings is 2. The first-order chi connectivity index (χ1) is 13.1. The van der Waals surface area contributed by atoms with Gasteiger partial charge in [-0.15, -0.1) is 0 Å². The second-order valence-electron chi connectivity index (χ2n) is 6.21. The summed E-state index contributed by atoms with van der Waals surface area (Å²) in [5, 5.41) is 6.13. The predicted octanol–water partition coefficient (Wildman–Crippen LogP) is 3.65. The van der Waals surface area contributed by atoms with Crippen LogP contribution in [-0.4, -0.2) is 35.3 Å². The SMILES string of the molecule is CO[C@H](c1nc(-c2ccc(C)cc2)cnc1N)N(C)/N=C/c1ccccc1. The molecule has 2 N–H and O–H groups in total. The normalized spacial score (nSPS) is 12.3. The van der Waals surface area contributed by atoms with Gasteiger partial charge in [-0.25, -0.2) is 9.97 Å². The number of aromatic nitrogens is 2. The largest absolute Gasteiger partial charge is 0.382 e. The van der Waals surface area contributed by atoms with Gasteiger partial charge in [0.05, 0.1) is 18.1 Å². The smallest absolute Gasteiger partial charge is 0.191 e. The van der Waals surface area contributed by atoms with Gasteiger partial charge in [-0.1, -0.05) is 60.2 Å². The number of hydrogen-bond donors (Lipinski definition) is 1. The molecule has 138 valence electrons. The topological polar surface area (TPSA) is 76.6 Å². The van der Waals surface area contributed by atoms with Crippen LogP contribution >= 0.6 is 0 Å². The first kappa shape index (κ1) is 18.5. The molecule has 0 spiro atoms. The number of anilines is 1. The second kappa shape index (κ2) is 8.42. The van der Waals surface area contributed by atoms with Crippen molar-refractivity contribution in [3.63, 3.8) is 0 Å². The highest BCUT2D eigenvalue weighted by Gasteiger charge is 2.21. The lowest BCUT2D eigenvalue weighted by atomic mass is 10.1. The van der Waals surface area contributed by atoms with Crippen molar-refractivity contribution in [2.24, 2.45) is 5.10 Å². The Morgan fingerprint density at radius 1 is 1.11 bits per heavy atom. The lowest BCUT2D eigenvalue weighted by molar-refractivity contribution is -0.0210. The van der Waals surface area contributed by atoms with E-state index in [4.69, 9.17) is 15.5 Å². The summed E-state index contributed by atoms with van der Waals surface area (Å²) in [6.07, 6.45) is 2.88. The third kappa shape index (κ3) is 4.48. The molecule has 0 fully saturated rings. The lowest BCUT2D eigenvalue weighted by Crippen LogP contribution is -2.24. The van der Waals surface area contributed by atoms with Crippen LogP contribution < -0.4 is 5.73 Å². The van der Waals surface area contributed by atoms with Crippen molar-refractivity contribution in [2.45, 2.75) is 13.2 Å². The zero-order valence-electron chi connectivity index (χ0n) is 15.7. The first-order valence-corrected chi connectivity index (χ1v) is 8.62. The van der Waals surface area contributed by atoms with Crippen molar-refractivity contribution in [3.8, 4) is 11.3 Å². The van der Waals surface area contributed by atoms with E-state index in [1.165, 1.54) is 5.56 Å². The standard InChI is InChI=1S/C21H23N5O/c1-15-9-11-17(12-10-15)18-14-23-20(22)19(25-18)21(27-3)26(2)24-13-16-7-5-4-6-8-16/h4-14,21H,1-3H3,(H2,22,23)/b24-13+/t21-/m1/s1.